The number of nitrogens with zero attached hydrogens (tertiary/aromatic N) is 4. The van der Waals surface area contributed by atoms with Crippen LogP contribution in [-0.4, -0.2) is 39.9 Å². The minimum absolute atomic E-state index is 0.193. The van der Waals surface area contributed by atoms with Crippen LogP contribution >= 0.6 is 11.6 Å². The number of para-hydroxylation sites is 1. The summed E-state index contributed by atoms with van der Waals surface area (Å²) in [6.45, 7) is 2.13. The van der Waals surface area contributed by atoms with E-state index in [2.05, 4.69) is 36.7 Å². The molecule has 0 bridgehead atoms. The van der Waals surface area contributed by atoms with E-state index in [1.165, 1.54) is 23.9 Å². The number of fused-ring (bicyclic) bond motifs is 1. The number of anilines is 5. The molecule has 0 saturated carbocycles. The second-order valence-electron chi connectivity index (χ2n) is 8.27. The standard InChI is InChI=1S/C24H26ClN7O2/c1-31-24(33)21-18(27-17-8-6-7-16(25)22(17)34-2)13-20(29-23(21)30-31)28-19-10-9-15(14-26-19)32-11-4-3-5-12-32/h6-10,13-14H,3-5,11-12H2,1-2H3,(H3,26,27,28,29,30). The Kier molecular flexibility index (Phi) is 6.02. The molecule has 5 rings (SSSR count). The first-order chi connectivity index (χ1) is 16.5. The van der Waals surface area contributed by atoms with Crippen molar-refractivity contribution in [1.29, 1.82) is 0 Å². The van der Waals surface area contributed by atoms with Crippen LogP contribution in [0.15, 0.2) is 47.4 Å². The first-order valence-corrected chi connectivity index (χ1v) is 11.6. The number of pyridine rings is 2. The zero-order chi connectivity index (χ0) is 23.7. The van der Waals surface area contributed by atoms with Gasteiger partial charge in [0.25, 0.3) is 5.56 Å². The number of hydrogen-bond acceptors (Lipinski definition) is 7. The van der Waals surface area contributed by atoms with Crippen molar-refractivity contribution in [1.82, 2.24) is 19.7 Å². The van der Waals surface area contributed by atoms with Gasteiger partial charge in [-0.15, -0.1) is 0 Å². The Bertz CT molecular complexity index is 1370. The molecule has 3 N–H and O–H groups in total. The van der Waals surface area contributed by atoms with Crippen molar-refractivity contribution < 1.29 is 4.74 Å². The summed E-state index contributed by atoms with van der Waals surface area (Å²) in [5.41, 5.74) is 2.59. The SMILES string of the molecule is COc1c(Cl)cccc1Nc1cc(Nc2ccc(N3CCCCC3)cn2)nc2[nH]n(C)c(=O)c12. The van der Waals surface area contributed by atoms with E-state index >= 15 is 0 Å². The van der Waals surface area contributed by atoms with E-state index in [1.54, 1.807) is 26.3 Å². The molecule has 176 valence electrons. The van der Waals surface area contributed by atoms with E-state index in [1.807, 2.05) is 24.4 Å². The maximum atomic E-state index is 12.8. The highest BCUT2D eigenvalue weighted by Crippen LogP contribution is 2.36. The lowest BCUT2D eigenvalue weighted by Crippen LogP contribution is -2.29. The van der Waals surface area contributed by atoms with Crippen LogP contribution < -0.4 is 25.8 Å². The normalized spacial score (nSPS) is 13.8. The van der Waals surface area contributed by atoms with Gasteiger partial charge >= 0.3 is 0 Å². The number of ether oxygens (including phenoxy) is 1. The zero-order valence-corrected chi connectivity index (χ0v) is 19.8. The number of rotatable bonds is 6. The Morgan fingerprint density at radius 3 is 2.62 bits per heavy atom. The molecule has 1 fully saturated rings. The molecule has 34 heavy (non-hydrogen) atoms. The largest absolute Gasteiger partial charge is 0.493 e. The Morgan fingerprint density at radius 1 is 1.06 bits per heavy atom. The van der Waals surface area contributed by atoms with E-state index in [0.29, 0.717) is 44.8 Å². The van der Waals surface area contributed by atoms with E-state index < -0.39 is 0 Å². The van der Waals surface area contributed by atoms with Crippen LogP contribution in [-0.2, 0) is 7.05 Å². The summed E-state index contributed by atoms with van der Waals surface area (Å²) >= 11 is 6.28. The van der Waals surface area contributed by atoms with Crippen LogP contribution in [0.5, 0.6) is 5.75 Å². The number of H-pyrrole nitrogens is 1. The number of benzene rings is 1. The molecular weight excluding hydrogens is 454 g/mol. The van der Waals surface area contributed by atoms with Gasteiger partial charge in [-0.3, -0.25) is 14.6 Å². The molecule has 0 radical (unpaired) electrons. The first kappa shape index (κ1) is 22.1. The van der Waals surface area contributed by atoms with Crippen molar-refractivity contribution in [2.45, 2.75) is 19.3 Å². The lowest BCUT2D eigenvalue weighted by molar-refractivity contribution is 0.417. The van der Waals surface area contributed by atoms with Crippen LogP contribution in [0.4, 0.5) is 28.7 Å². The van der Waals surface area contributed by atoms with Crippen molar-refractivity contribution in [3.63, 3.8) is 0 Å². The third-order valence-corrected chi connectivity index (χ3v) is 6.27. The van der Waals surface area contributed by atoms with Crippen LogP contribution in [0.25, 0.3) is 11.0 Å². The first-order valence-electron chi connectivity index (χ1n) is 11.2. The summed E-state index contributed by atoms with van der Waals surface area (Å²) in [6.07, 6.45) is 5.60. The lowest BCUT2D eigenvalue weighted by atomic mass is 10.1. The molecule has 0 unspecified atom stereocenters. The monoisotopic (exact) mass is 479 g/mol. The fourth-order valence-corrected chi connectivity index (χ4v) is 4.52. The molecule has 0 spiro atoms. The number of piperidine rings is 1. The smallest absolute Gasteiger partial charge is 0.277 e. The third-order valence-electron chi connectivity index (χ3n) is 5.98. The molecule has 1 saturated heterocycles. The number of aryl methyl sites for hydroxylation is 1. The predicted octanol–water partition coefficient (Wildman–Crippen LogP) is 4.80. The zero-order valence-electron chi connectivity index (χ0n) is 19.1. The van der Waals surface area contributed by atoms with Gasteiger partial charge in [0.05, 0.1) is 35.4 Å². The fourth-order valence-electron chi connectivity index (χ4n) is 4.27. The third kappa shape index (κ3) is 4.26. The van der Waals surface area contributed by atoms with Gasteiger partial charge < -0.3 is 20.3 Å². The van der Waals surface area contributed by atoms with Gasteiger partial charge in [-0.2, -0.15) is 0 Å². The van der Waals surface area contributed by atoms with Gasteiger partial charge in [-0.1, -0.05) is 17.7 Å². The summed E-state index contributed by atoms with van der Waals surface area (Å²) < 4.78 is 6.85. The summed E-state index contributed by atoms with van der Waals surface area (Å²) in [4.78, 5) is 24.3. The number of hydrogen-bond donors (Lipinski definition) is 3. The Balaban J connectivity index is 1.48. The second kappa shape index (κ2) is 9.26. The predicted molar refractivity (Wildman–Crippen MR) is 136 cm³/mol. The highest BCUT2D eigenvalue weighted by Gasteiger charge is 2.17. The van der Waals surface area contributed by atoms with Gasteiger partial charge in [0.15, 0.2) is 11.4 Å². The van der Waals surface area contributed by atoms with Gasteiger partial charge in [0.2, 0.25) is 0 Å². The van der Waals surface area contributed by atoms with Crippen molar-refractivity contribution in [3.05, 3.63) is 58.0 Å². The van der Waals surface area contributed by atoms with Gasteiger partial charge in [-0.25, -0.2) is 9.97 Å². The maximum absolute atomic E-state index is 12.8. The molecule has 0 amide bonds. The molecule has 1 aliphatic rings. The van der Waals surface area contributed by atoms with Crippen LogP contribution in [0.3, 0.4) is 0 Å². The molecule has 0 atom stereocenters. The van der Waals surface area contributed by atoms with E-state index in [-0.39, 0.29) is 5.56 Å². The average molecular weight is 480 g/mol. The lowest BCUT2D eigenvalue weighted by Gasteiger charge is -2.28. The molecule has 9 nitrogen and oxygen atoms in total. The number of methoxy groups -OCH3 is 1. The molecule has 4 heterocycles. The summed E-state index contributed by atoms with van der Waals surface area (Å²) in [5, 5.41) is 10.4. The second-order valence-corrected chi connectivity index (χ2v) is 8.68. The topological polar surface area (TPSA) is 100 Å². The van der Waals surface area contributed by atoms with Crippen LogP contribution in [0, 0.1) is 0 Å². The fraction of sp³-hybridized carbons (Fsp3) is 0.292. The Morgan fingerprint density at radius 2 is 1.88 bits per heavy atom. The molecule has 1 aliphatic heterocycles. The summed E-state index contributed by atoms with van der Waals surface area (Å²) in [6, 6.07) is 11.2. The molecule has 10 heteroatoms. The molecular formula is C24H26ClN7O2. The van der Waals surface area contributed by atoms with Crippen LogP contribution in [0.1, 0.15) is 19.3 Å². The Labute approximate surface area is 201 Å². The van der Waals surface area contributed by atoms with Crippen molar-refractivity contribution in [3.8, 4) is 5.75 Å². The molecule has 1 aromatic carbocycles. The van der Waals surface area contributed by atoms with E-state index in [4.69, 9.17) is 16.3 Å². The van der Waals surface area contributed by atoms with Crippen molar-refractivity contribution in [2.75, 3.05) is 35.7 Å². The number of aromatic amines is 1. The highest BCUT2D eigenvalue weighted by molar-refractivity contribution is 6.32. The van der Waals surface area contributed by atoms with Gasteiger partial charge in [0, 0.05) is 26.2 Å². The number of nitrogens with one attached hydrogen (secondary N) is 3. The van der Waals surface area contributed by atoms with E-state index in [9.17, 15) is 4.79 Å². The molecule has 3 aromatic heterocycles. The van der Waals surface area contributed by atoms with Crippen LogP contribution in [0.2, 0.25) is 5.02 Å². The van der Waals surface area contributed by atoms with Gasteiger partial charge in [0.1, 0.15) is 17.0 Å². The minimum Gasteiger partial charge on any atom is -0.493 e. The maximum Gasteiger partial charge on any atom is 0.277 e. The quantitative estimate of drug-likeness (QED) is 0.365. The van der Waals surface area contributed by atoms with Gasteiger partial charge in [-0.05, 0) is 43.5 Å². The number of aromatic nitrogens is 4. The summed E-state index contributed by atoms with van der Waals surface area (Å²) in [5.74, 6) is 1.69. The molecule has 4 aromatic rings. The molecule has 0 aliphatic carbocycles. The van der Waals surface area contributed by atoms with E-state index in [0.717, 1.165) is 18.8 Å². The average Bonchev–Trinajstić information content (AvgIpc) is 3.13. The van der Waals surface area contributed by atoms with Crippen molar-refractivity contribution in [2.24, 2.45) is 7.05 Å². The van der Waals surface area contributed by atoms with Crippen molar-refractivity contribution >= 4 is 51.3 Å². The minimum atomic E-state index is -0.193. The number of halogens is 1. The Hall–Kier alpha value is -3.72. The summed E-state index contributed by atoms with van der Waals surface area (Å²) in [7, 11) is 3.21. The highest BCUT2D eigenvalue weighted by atomic mass is 35.5.